The Morgan fingerprint density at radius 2 is 0.985 bits per heavy atom. The SMILES string of the molecule is CC(=O)Nc1ccn([C@@H]2S[C@H](COC(=O)c3ccc(Cl)cc3)[C@@H](OC(=O)c3ccc(Cl)cc3)[C@@H]2F)c(=O)n1.C[C@H]1S[C@H](COC(=O)c2ccc(Cl)cc2)[C@@H](OC(=O)c2ccc(Cl)cc2)[C@@H]1F. The number of amides is 1. The van der Waals surface area contributed by atoms with Crippen LogP contribution in [0.2, 0.25) is 20.1 Å². The second-order valence-electron chi connectivity index (χ2n) is 14.5. The van der Waals surface area contributed by atoms with Gasteiger partial charge >= 0.3 is 29.6 Å². The molecule has 2 aliphatic heterocycles. The fourth-order valence-corrected chi connectivity index (χ4v) is 9.76. The fourth-order valence-electron chi connectivity index (χ4n) is 6.43. The number of ether oxygens (including phenoxy) is 4. The zero-order valence-electron chi connectivity index (χ0n) is 34.5. The number of esters is 4. The van der Waals surface area contributed by atoms with Gasteiger partial charge in [-0.05, 0) is 103 Å². The number of rotatable bonds is 12. The van der Waals surface area contributed by atoms with E-state index in [9.17, 15) is 33.2 Å². The molecule has 1 N–H and O–H groups in total. The van der Waals surface area contributed by atoms with Crippen LogP contribution in [0.3, 0.4) is 0 Å². The molecule has 0 unspecified atom stereocenters. The molecule has 3 heterocycles. The largest absolute Gasteiger partial charge is 0.461 e. The number of nitrogens with one attached hydrogen (secondary N) is 1. The molecule has 8 atom stereocenters. The Morgan fingerprint density at radius 3 is 1.38 bits per heavy atom. The maximum Gasteiger partial charge on any atom is 0.350 e. The number of aromatic nitrogens is 2. The first-order valence-electron chi connectivity index (χ1n) is 19.7. The number of benzene rings is 4. The summed E-state index contributed by atoms with van der Waals surface area (Å²) in [7, 11) is 0. The molecule has 346 valence electrons. The molecule has 0 spiro atoms. The van der Waals surface area contributed by atoms with E-state index in [1.54, 1.807) is 43.3 Å². The van der Waals surface area contributed by atoms with Gasteiger partial charge in [-0.25, -0.2) is 32.8 Å². The molecular formula is C45H37Cl4F2N3O10S2. The third kappa shape index (κ3) is 13.3. The van der Waals surface area contributed by atoms with Crippen molar-refractivity contribution in [1.82, 2.24) is 9.55 Å². The van der Waals surface area contributed by atoms with Gasteiger partial charge in [-0.15, -0.1) is 23.5 Å². The second kappa shape index (κ2) is 23.0. The summed E-state index contributed by atoms with van der Waals surface area (Å²) in [6.45, 7) is 2.58. The van der Waals surface area contributed by atoms with Gasteiger partial charge < -0.3 is 24.3 Å². The van der Waals surface area contributed by atoms with Crippen molar-refractivity contribution in [1.29, 1.82) is 0 Å². The molecule has 0 saturated carbocycles. The molecule has 2 aliphatic rings. The monoisotopic (exact) mass is 1020 g/mol. The number of carbonyl (C=O) groups excluding carboxylic acids is 5. The summed E-state index contributed by atoms with van der Waals surface area (Å²) >= 11 is 25.6. The summed E-state index contributed by atoms with van der Waals surface area (Å²) in [5.74, 6) is -3.09. The molecule has 0 radical (unpaired) electrons. The van der Waals surface area contributed by atoms with Crippen LogP contribution < -0.4 is 11.0 Å². The van der Waals surface area contributed by atoms with E-state index in [4.69, 9.17) is 65.4 Å². The quantitative estimate of drug-likeness (QED) is 0.0927. The van der Waals surface area contributed by atoms with Crippen LogP contribution in [-0.4, -0.2) is 92.9 Å². The average molecular weight is 1020 g/mol. The molecule has 1 amide bonds. The van der Waals surface area contributed by atoms with E-state index in [0.29, 0.717) is 25.7 Å². The number of thioether (sulfide) groups is 2. The van der Waals surface area contributed by atoms with Crippen LogP contribution in [0.1, 0.15) is 60.7 Å². The standard InChI is InChI=1S/C25H20Cl2FN3O6S.C20H17Cl2FO4S/c1-13(32)29-19-10-11-31(25(35)30-19)22-20(28)21(37-24(34)15-4-8-17(27)9-5-15)18(38-22)12-36-23(33)14-2-6-16(26)7-3-14;1-11-17(23)18(27-20(25)13-4-8-15(22)9-5-13)16(28-11)10-26-19(24)12-2-6-14(21)7-3-12/h2-11,18,20-22H,12H2,1H3,(H,29,30,32,35);2-9,11,16-18H,10H2,1H3/t18-,20+,21-,22-;11-,16-,17-,18-/m11/s1. The highest BCUT2D eigenvalue weighted by Gasteiger charge is 2.49. The third-order valence-electron chi connectivity index (χ3n) is 9.76. The lowest BCUT2D eigenvalue weighted by Gasteiger charge is -2.21. The van der Waals surface area contributed by atoms with Crippen LogP contribution in [0.5, 0.6) is 0 Å². The summed E-state index contributed by atoms with van der Waals surface area (Å²) in [6, 6.07) is 25.6. The number of carbonyl (C=O) groups is 5. The predicted octanol–water partition coefficient (Wildman–Crippen LogP) is 9.76. The van der Waals surface area contributed by atoms with E-state index < -0.39 is 75.9 Å². The highest BCUT2D eigenvalue weighted by molar-refractivity contribution is 8.01. The molecule has 21 heteroatoms. The Kier molecular flexibility index (Phi) is 17.5. The summed E-state index contributed by atoms with van der Waals surface area (Å²) in [5.41, 5.74) is 0.169. The topological polar surface area (TPSA) is 169 Å². The van der Waals surface area contributed by atoms with E-state index in [1.165, 1.54) is 91.6 Å². The molecule has 66 heavy (non-hydrogen) atoms. The van der Waals surface area contributed by atoms with Crippen molar-refractivity contribution in [3.05, 3.63) is 162 Å². The molecule has 7 rings (SSSR count). The van der Waals surface area contributed by atoms with E-state index in [1.807, 2.05) is 0 Å². The number of alkyl halides is 2. The molecule has 13 nitrogen and oxygen atoms in total. The molecule has 0 bridgehead atoms. The van der Waals surface area contributed by atoms with Crippen LogP contribution in [0.15, 0.2) is 114 Å². The van der Waals surface area contributed by atoms with Crippen molar-refractivity contribution < 1.29 is 51.7 Å². The normalized spacial score (nSPS) is 22.0. The van der Waals surface area contributed by atoms with Crippen LogP contribution >= 0.6 is 69.9 Å². The number of hydrogen-bond donors (Lipinski definition) is 1. The van der Waals surface area contributed by atoms with Crippen LogP contribution in [0, 0.1) is 0 Å². The van der Waals surface area contributed by atoms with Gasteiger partial charge in [-0.2, -0.15) is 4.98 Å². The minimum absolute atomic E-state index is 0.0105. The molecule has 4 aromatic carbocycles. The Hall–Kier alpha value is -5.17. The summed E-state index contributed by atoms with van der Waals surface area (Å²) in [6.07, 6.45) is -4.32. The van der Waals surface area contributed by atoms with E-state index in [-0.39, 0.29) is 41.0 Å². The van der Waals surface area contributed by atoms with Crippen molar-refractivity contribution in [2.24, 2.45) is 0 Å². The molecular weight excluding hydrogens is 986 g/mol. The predicted molar refractivity (Wildman–Crippen MR) is 249 cm³/mol. The minimum atomic E-state index is -1.86. The van der Waals surface area contributed by atoms with Gasteiger partial charge in [-0.3, -0.25) is 9.36 Å². The minimum Gasteiger partial charge on any atom is -0.461 e. The van der Waals surface area contributed by atoms with Gasteiger partial charge in [0.05, 0.1) is 32.8 Å². The Bertz CT molecular complexity index is 2600. The highest BCUT2D eigenvalue weighted by Crippen LogP contribution is 2.45. The van der Waals surface area contributed by atoms with Gasteiger partial charge in [-0.1, -0.05) is 53.3 Å². The zero-order valence-corrected chi connectivity index (χ0v) is 39.1. The van der Waals surface area contributed by atoms with Gasteiger partial charge in [0.1, 0.15) is 36.7 Å². The fraction of sp³-hybridized carbons (Fsp3) is 0.267. The van der Waals surface area contributed by atoms with Crippen molar-refractivity contribution in [3.63, 3.8) is 0 Å². The number of anilines is 1. The lowest BCUT2D eigenvalue weighted by molar-refractivity contribution is -0.114. The van der Waals surface area contributed by atoms with Crippen molar-refractivity contribution in [2.45, 2.75) is 59.5 Å². The number of hydrogen-bond acceptors (Lipinski definition) is 13. The first kappa shape index (κ1) is 50.2. The maximum absolute atomic E-state index is 15.8. The van der Waals surface area contributed by atoms with Crippen LogP contribution in [-0.2, 0) is 23.7 Å². The number of halogens is 6. The lowest BCUT2D eigenvalue weighted by atomic mass is 10.1. The van der Waals surface area contributed by atoms with Gasteiger partial charge in [0.15, 0.2) is 12.3 Å². The average Bonchev–Trinajstić information content (AvgIpc) is 3.74. The maximum atomic E-state index is 15.8. The first-order chi connectivity index (χ1) is 31.5. The molecule has 2 saturated heterocycles. The van der Waals surface area contributed by atoms with Crippen molar-refractivity contribution in [3.8, 4) is 0 Å². The van der Waals surface area contributed by atoms with E-state index >= 15 is 4.39 Å². The second-order valence-corrected chi connectivity index (χ2v) is 19.2. The third-order valence-corrected chi connectivity index (χ3v) is 13.7. The summed E-state index contributed by atoms with van der Waals surface area (Å²) < 4.78 is 53.0. The van der Waals surface area contributed by atoms with Crippen LogP contribution in [0.4, 0.5) is 14.6 Å². The van der Waals surface area contributed by atoms with Gasteiger partial charge in [0.2, 0.25) is 5.91 Å². The smallest absolute Gasteiger partial charge is 0.350 e. The van der Waals surface area contributed by atoms with E-state index in [0.717, 1.165) is 16.3 Å². The molecule has 5 aromatic rings. The van der Waals surface area contributed by atoms with E-state index in [2.05, 4.69) is 10.3 Å². The lowest BCUT2D eigenvalue weighted by Crippen LogP contribution is -2.37. The van der Waals surface area contributed by atoms with Crippen molar-refractivity contribution >= 4 is 106 Å². The molecule has 2 fully saturated rings. The first-order valence-corrected chi connectivity index (χ1v) is 23.1. The number of nitrogens with zero attached hydrogens (tertiary/aromatic N) is 2. The molecule has 1 aromatic heterocycles. The zero-order chi connectivity index (χ0) is 47.7. The summed E-state index contributed by atoms with van der Waals surface area (Å²) in [5, 5.41) is 1.32. The summed E-state index contributed by atoms with van der Waals surface area (Å²) in [4.78, 5) is 77.4. The van der Waals surface area contributed by atoms with Crippen molar-refractivity contribution in [2.75, 3.05) is 18.5 Å². The Balaban J connectivity index is 0.000000229. The van der Waals surface area contributed by atoms with Gasteiger partial charge in [0, 0.05) is 38.5 Å². The Labute approximate surface area is 404 Å². The molecule has 0 aliphatic carbocycles. The van der Waals surface area contributed by atoms with Gasteiger partial charge in [0.25, 0.3) is 0 Å². The Morgan fingerprint density at radius 1 is 0.606 bits per heavy atom. The van der Waals surface area contributed by atoms with Crippen LogP contribution in [0.25, 0.3) is 0 Å². The highest BCUT2D eigenvalue weighted by atomic mass is 35.5.